The minimum Gasteiger partial charge on any atom is -0.370 e. The van der Waals surface area contributed by atoms with Gasteiger partial charge < -0.3 is 10.2 Å². The maximum Gasteiger partial charge on any atom is 0.273 e. The van der Waals surface area contributed by atoms with E-state index in [9.17, 15) is 14.9 Å². The highest BCUT2D eigenvalue weighted by Gasteiger charge is 2.15. The normalized spacial score (nSPS) is 14.1. The molecule has 2 aromatic rings. The fourth-order valence-corrected chi connectivity index (χ4v) is 3.78. The summed E-state index contributed by atoms with van der Waals surface area (Å²) in [6, 6.07) is 12.7. The van der Waals surface area contributed by atoms with Gasteiger partial charge in [-0.05, 0) is 30.7 Å². The van der Waals surface area contributed by atoms with Crippen LogP contribution in [0.2, 0.25) is 0 Å². The third-order valence-electron chi connectivity index (χ3n) is 4.43. The van der Waals surface area contributed by atoms with E-state index in [-0.39, 0.29) is 11.6 Å². The molecular weight excluding hydrogens is 350 g/mol. The van der Waals surface area contributed by atoms with Gasteiger partial charge in [-0.3, -0.25) is 14.9 Å². The summed E-state index contributed by atoms with van der Waals surface area (Å²) in [5.41, 5.74) is 2.99. The topological polar surface area (TPSA) is 75.5 Å². The molecule has 0 spiro atoms. The van der Waals surface area contributed by atoms with Crippen molar-refractivity contribution in [3.8, 4) is 0 Å². The second-order valence-corrected chi connectivity index (χ2v) is 7.43. The van der Waals surface area contributed by atoms with Gasteiger partial charge in [0.25, 0.3) is 11.6 Å². The van der Waals surface area contributed by atoms with Crippen LogP contribution < -0.4 is 10.2 Å². The van der Waals surface area contributed by atoms with E-state index in [2.05, 4.69) is 22.3 Å². The van der Waals surface area contributed by atoms with Crippen LogP contribution in [0.4, 0.5) is 11.4 Å². The van der Waals surface area contributed by atoms with E-state index in [4.69, 9.17) is 0 Å². The first kappa shape index (κ1) is 18.3. The van der Waals surface area contributed by atoms with Crippen molar-refractivity contribution in [2.75, 3.05) is 29.5 Å². The van der Waals surface area contributed by atoms with Crippen molar-refractivity contribution >= 4 is 29.0 Å². The summed E-state index contributed by atoms with van der Waals surface area (Å²) in [6.45, 7) is 4.17. The Morgan fingerprint density at radius 3 is 2.54 bits per heavy atom. The molecule has 0 atom stereocenters. The summed E-state index contributed by atoms with van der Waals surface area (Å²) in [5, 5.41) is 13.8. The zero-order valence-corrected chi connectivity index (χ0v) is 15.4. The van der Waals surface area contributed by atoms with Crippen molar-refractivity contribution in [1.82, 2.24) is 5.32 Å². The van der Waals surface area contributed by atoms with E-state index in [0.717, 1.165) is 30.2 Å². The van der Waals surface area contributed by atoms with Crippen molar-refractivity contribution in [1.29, 1.82) is 0 Å². The minimum atomic E-state index is -0.468. The van der Waals surface area contributed by atoms with Crippen molar-refractivity contribution in [3.05, 3.63) is 69.3 Å². The summed E-state index contributed by atoms with van der Waals surface area (Å²) < 4.78 is 0. The first-order valence-corrected chi connectivity index (χ1v) is 9.65. The molecule has 1 N–H and O–H groups in total. The van der Waals surface area contributed by atoms with Gasteiger partial charge in [0, 0.05) is 54.0 Å². The highest BCUT2D eigenvalue weighted by molar-refractivity contribution is 7.99. The smallest absolute Gasteiger partial charge is 0.273 e. The number of carbonyl (C=O) groups is 1. The van der Waals surface area contributed by atoms with Gasteiger partial charge in [-0.1, -0.05) is 18.2 Å². The quantitative estimate of drug-likeness (QED) is 0.644. The highest BCUT2D eigenvalue weighted by Crippen LogP contribution is 2.21. The Labute approximate surface area is 156 Å². The number of thioether (sulfide) groups is 1. The standard InChI is InChI=1S/C19H21N3O3S/c1-14-2-5-16(12-18(14)22(24)25)19(23)20-13-15-3-6-17(7-4-15)21-8-10-26-11-9-21/h2-7,12H,8-11,13H2,1H3,(H,20,23). The van der Waals surface area contributed by atoms with E-state index in [1.54, 1.807) is 19.1 Å². The largest absolute Gasteiger partial charge is 0.370 e. The highest BCUT2D eigenvalue weighted by atomic mass is 32.2. The molecule has 1 amide bonds. The fourth-order valence-electron chi connectivity index (χ4n) is 2.88. The van der Waals surface area contributed by atoms with Crippen LogP contribution in [-0.4, -0.2) is 35.4 Å². The maximum absolute atomic E-state index is 12.3. The molecule has 0 aromatic heterocycles. The Morgan fingerprint density at radius 1 is 1.19 bits per heavy atom. The molecule has 136 valence electrons. The number of anilines is 1. The lowest BCUT2D eigenvalue weighted by Gasteiger charge is -2.28. The molecule has 1 saturated heterocycles. The summed E-state index contributed by atoms with van der Waals surface area (Å²) >= 11 is 1.98. The molecule has 1 aliphatic rings. The van der Waals surface area contributed by atoms with E-state index in [0.29, 0.717) is 17.7 Å². The van der Waals surface area contributed by atoms with Crippen LogP contribution in [0, 0.1) is 17.0 Å². The molecule has 2 aromatic carbocycles. The number of nitro groups is 1. The van der Waals surface area contributed by atoms with Gasteiger partial charge in [0.05, 0.1) is 4.92 Å². The zero-order chi connectivity index (χ0) is 18.5. The Morgan fingerprint density at radius 2 is 1.88 bits per heavy atom. The first-order valence-electron chi connectivity index (χ1n) is 8.49. The zero-order valence-electron chi connectivity index (χ0n) is 14.6. The van der Waals surface area contributed by atoms with Gasteiger partial charge in [-0.25, -0.2) is 0 Å². The van der Waals surface area contributed by atoms with Gasteiger partial charge in [-0.15, -0.1) is 0 Å². The van der Waals surface area contributed by atoms with Crippen LogP contribution in [0.3, 0.4) is 0 Å². The number of hydrogen-bond donors (Lipinski definition) is 1. The predicted octanol–water partition coefficient (Wildman–Crippen LogP) is 3.39. The summed E-state index contributed by atoms with van der Waals surface area (Å²) in [4.78, 5) is 25.2. The third kappa shape index (κ3) is 4.35. The molecule has 0 aliphatic carbocycles. The van der Waals surface area contributed by atoms with E-state index >= 15 is 0 Å². The van der Waals surface area contributed by atoms with E-state index in [1.807, 2.05) is 23.9 Å². The molecule has 1 fully saturated rings. The summed E-state index contributed by atoms with van der Waals surface area (Å²) in [7, 11) is 0. The Bertz CT molecular complexity index is 802. The van der Waals surface area contributed by atoms with Crippen LogP contribution in [0.5, 0.6) is 0 Å². The molecule has 1 heterocycles. The molecule has 0 bridgehead atoms. The maximum atomic E-state index is 12.3. The number of hydrogen-bond acceptors (Lipinski definition) is 5. The number of benzene rings is 2. The average Bonchev–Trinajstić information content (AvgIpc) is 2.67. The van der Waals surface area contributed by atoms with Gasteiger partial charge in [-0.2, -0.15) is 11.8 Å². The number of nitro benzene ring substituents is 1. The lowest BCUT2D eigenvalue weighted by Crippen LogP contribution is -2.32. The lowest BCUT2D eigenvalue weighted by atomic mass is 10.1. The molecule has 6 nitrogen and oxygen atoms in total. The van der Waals surface area contributed by atoms with Gasteiger partial charge in [0.1, 0.15) is 0 Å². The SMILES string of the molecule is Cc1ccc(C(=O)NCc2ccc(N3CCSCC3)cc2)cc1[N+](=O)[O-]. The predicted molar refractivity (Wildman–Crippen MR) is 105 cm³/mol. The van der Waals surface area contributed by atoms with Crippen LogP contribution >= 0.6 is 11.8 Å². The molecule has 7 heteroatoms. The third-order valence-corrected chi connectivity index (χ3v) is 5.38. The number of amides is 1. The number of nitrogens with zero attached hydrogens (tertiary/aromatic N) is 2. The van der Waals surface area contributed by atoms with Crippen LogP contribution in [0.15, 0.2) is 42.5 Å². The van der Waals surface area contributed by atoms with Crippen LogP contribution in [0.1, 0.15) is 21.5 Å². The van der Waals surface area contributed by atoms with Crippen LogP contribution in [0.25, 0.3) is 0 Å². The number of aryl methyl sites for hydroxylation is 1. The molecule has 0 unspecified atom stereocenters. The molecule has 1 aliphatic heterocycles. The Kier molecular flexibility index (Phi) is 5.78. The summed E-state index contributed by atoms with van der Waals surface area (Å²) in [6.07, 6.45) is 0. The minimum absolute atomic E-state index is 0.0401. The number of rotatable bonds is 5. The molecule has 0 radical (unpaired) electrons. The van der Waals surface area contributed by atoms with Crippen molar-refractivity contribution in [3.63, 3.8) is 0 Å². The van der Waals surface area contributed by atoms with Gasteiger partial charge >= 0.3 is 0 Å². The van der Waals surface area contributed by atoms with Gasteiger partial charge in [0.2, 0.25) is 0 Å². The Balaban J connectivity index is 1.61. The van der Waals surface area contributed by atoms with Gasteiger partial charge in [0.15, 0.2) is 0 Å². The first-order chi connectivity index (χ1) is 12.5. The van der Waals surface area contributed by atoms with Crippen molar-refractivity contribution in [2.45, 2.75) is 13.5 Å². The van der Waals surface area contributed by atoms with Crippen molar-refractivity contribution in [2.24, 2.45) is 0 Å². The molecule has 3 rings (SSSR count). The fraction of sp³-hybridized carbons (Fsp3) is 0.316. The van der Waals surface area contributed by atoms with Crippen LogP contribution in [-0.2, 0) is 6.54 Å². The van der Waals surface area contributed by atoms with E-state index < -0.39 is 4.92 Å². The second kappa shape index (κ2) is 8.23. The summed E-state index contributed by atoms with van der Waals surface area (Å²) in [5.74, 6) is 1.99. The second-order valence-electron chi connectivity index (χ2n) is 6.21. The lowest BCUT2D eigenvalue weighted by molar-refractivity contribution is -0.385. The molecular formula is C19H21N3O3S. The molecule has 26 heavy (non-hydrogen) atoms. The Hall–Kier alpha value is -2.54. The van der Waals surface area contributed by atoms with E-state index in [1.165, 1.54) is 11.8 Å². The number of nitrogens with one attached hydrogen (secondary N) is 1. The van der Waals surface area contributed by atoms with Crippen molar-refractivity contribution < 1.29 is 9.72 Å². The monoisotopic (exact) mass is 371 g/mol. The average molecular weight is 371 g/mol. The molecule has 0 saturated carbocycles. The number of carbonyl (C=O) groups excluding carboxylic acids is 1.